The quantitative estimate of drug-likeness (QED) is 0.387. The van der Waals surface area contributed by atoms with Gasteiger partial charge in [0.15, 0.2) is 0 Å². The van der Waals surface area contributed by atoms with Crippen molar-refractivity contribution in [3.05, 3.63) is 59.5 Å². The third kappa shape index (κ3) is 6.75. The van der Waals surface area contributed by atoms with E-state index in [-0.39, 0.29) is 0 Å². The Morgan fingerprint density at radius 3 is 2.70 bits per heavy atom. The Morgan fingerprint density at radius 1 is 1.07 bits per heavy atom. The summed E-state index contributed by atoms with van der Waals surface area (Å²) in [5.41, 5.74) is 2.51. The standard InChI is InChI=1S/C26H39N3S/c1-4-5-16-28(2)17-11-18-30-21-22-19-24(20-22)29(3)26-25-14-8-6-7-12-23(25)13-9-10-15-27-26/h7-10,12-15,22,24H,4-6,11,16-21H2,1-3H3/b10-9+,13-9?,15-10?,23-13+,26-25+,27-15-,27-26?/t22-,24+. The van der Waals surface area contributed by atoms with Gasteiger partial charge in [0.25, 0.3) is 0 Å². The zero-order chi connectivity index (χ0) is 21.2. The zero-order valence-corrected chi connectivity index (χ0v) is 19.9. The second-order valence-electron chi connectivity index (χ2n) is 8.75. The highest BCUT2D eigenvalue weighted by atomic mass is 32.2. The number of thioether (sulfide) groups is 1. The Balaban J connectivity index is 1.44. The van der Waals surface area contributed by atoms with Gasteiger partial charge < -0.3 is 9.80 Å². The third-order valence-corrected chi connectivity index (χ3v) is 7.53. The van der Waals surface area contributed by atoms with Crippen LogP contribution in [0.5, 0.6) is 0 Å². The molecule has 3 nitrogen and oxygen atoms in total. The van der Waals surface area contributed by atoms with Gasteiger partial charge in [-0.05, 0) is 81.3 Å². The van der Waals surface area contributed by atoms with Gasteiger partial charge in [0, 0.05) is 24.9 Å². The first kappa shape index (κ1) is 23.1. The number of nitrogens with zero attached hydrogens (tertiary/aromatic N) is 3. The first-order chi connectivity index (χ1) is 14.7. The van der Waals surface area contributed by atoms with E-state index in [1.165, 1.54) is 67.8 Å². The molecule has 3 rings (SSSR count). The third-order valence-electron chi connectivity index (χ3n) is 6.24. The molecule has 1 aliphatic heterocycles. The molecule has 3 aliphatic rings. The van der Waals surface area contributed by atoms with Crippen molar-refractivity contribution in [3.63, 3.8) is 0 Å². The predicted molar refractivity (Wildman–Crippen MR) is 134 cm³/mol. The van der Waals surface area contributed by atoms with Gasteiger partial charge in [-0.2, -0.15) is 11.8 Å². The van der Waals surface area contributed by atoms with Crippen LogP contribution in [0.15, 0.2) is 64.5 Å². The molecule has 1 heterocycles. The smallest absolute Gasteiger partial charge is 0.136 e. The summed E-state index contributed by atoms with van der Waals surface area (Å²) in [4.78, 5) is 9.73. The van der Waals surface area contributed by atoms with Crippen molar-refractivity contribution in [2.45, 2.75) is 51.5 Å². The van der Waals surface area contributed by atoms with Crippen LogP contribution in [0, 0.1) is 5.92 Å². The maximum atomic E-state index is 4.82. The topological polar surface area (TPSA) is 18.8 Å². The zero-order valence-electron chi connectivity index (χ0n) is 19.1. The number of allylic oxidation sites excluding steroid dienone is 9. The molecule has 1 saturated carbocycles. The van der Waals surface area contributed by atoms with E-state index in [1.807, 2.05) is 12.3 Å². The minimum atomic E-state index is 0.612. The Hall–Kier alpha value is -1.52. The maximum absolute atomic E-state index is 4.82. The molecule has 2 aliphatic carbocycles. The first-order valence-electron chi connectivity index (χ1n) is 11.7. The maximum Gasteiger partial charge on any atom is 0.136 e. The van der Waals surface area contributed by atoms with E-state index in [9.17, 15) is 0 Å². The SMILES string of the molecule is CCCCN(C)CCCSC[C@H]1C[C@@H](N(C)C2=C3\C=CCC=C\C3=C/C=C/C=N\2)C1. The molecular weight excluding hydrogens is 386 g/mol. The van der Waals surface area contributed by atoms with Crippen molar-refractivity contribution in [1.82, 2.24) is 9.80 Å². The van der Waals surface area contributed by atoms with E-state index < -0.39 is 0 Å². The molecule has 1 fully saturated rings. The van der Waals surface area contributed by atoms with Gasteiger partial charge in [-0.3, -0.25) is 0 Å². The van der Waals surface area contributed by atoms with Gasteiger partial charge in [0.1, 0.15) is 5.82 Å². The molecule has 4 heteroatoms. The van der Waals surface area contributed by atoms with Crippen molar-refractivity contribution in [2.75, 3.05) is 38.7 Å². The number of hydrogen-bond donors (Lipinski definition) is 0. The summed E-state index contributed by atoms with van der Waals surface area (Å²) in [5, 5.41) is 0. The van der Waals surface area contributed by atoms with Crippen LogP contribution in [-0.4, -0.2) is 60.7 Å². The van der Waals surface area contributed by atoms with Crippen molar-refractivity contribution >= 4 is 18.0 Å². The van der Waals surface area contributed by atoms with Crippen LogP contribution in [-0.2, 0) is 0 Å². The van der Waals surface area contributed by atoms with Gasteiger partial charge >= 0.3 is 0 Å². The van der Waals surface area contributed by atoms with Crippen molar-refractivity contribution in [1.29, 1.82) is 0 Å². The fourth-order valence-electron chi connectivity index (χ4n) is 4.22. The minimum absolute atomic E-state index is 0.612. The Labute approximate surface area is 188 Å². The molecule has 0 N–H and O–H groups in total. The summed E-state index contributed by atoms with van der Waals surface area (Å²) in [7, 11) is 4.49. The molecule has 0 saturated heterocycles. The molecule has 0 atom stereocenters. The Kier molecular flexibility index (Phi) is 9.54. The molecule has 0 radical (unpaired) electrons. The molecular formula is C26H39N3S. The van der Waals surface area contributed by atoms with Gasteiger partial charge in [0.2, 0.25) is 0 Å². The number of rotatable bonds is 11. The van der Waals surface area contributed by atoms with Crippen LogP contribution >= 0.6 is 11.8 Å². The van der Waals surface area contributed by atoms with E-state index in [2.05, 4.69) is 79.0 Å². The Morgan fingerprint density at radius 2 is 1.87 bits per heavy atom. The summed E-state index contributed by atoms with van der Waals surface area (Å²) < 4.78 is 0. The molecule has 0 unspecified atom stereocenters. The number of fused-ring (bicyclic) bond motifs is 1. The molecule has 0 amide bonds. The second-order valence-corrected chi connectivity index (χ2v) is 9.90. The summed E-state index contributed by atoms with van der Waals surface area (Å²) in [6.07, 6.45) is 24.7. The van der Waals surface area contributed by atoms with Crippen LogP contribution in [0.1, 0.15) is 45.4 Å². The molecule has 0 spiro atoms. The minimum Gasteiger partial charge on any atom is -0.356 e. The van der Waals surface area contributed by atoms with Crippen LogP contribution in [0.25, 0.3) is 0 Å². The molecule has 0 aromatic heterocycles. The highest BCUT2D eigenvalue weighted by Gasteiger charge is 2.33. The van der Waals surface area contributed by atoms with Crippen molar-refractivity contribution in [2.24, 2.45) is 10.9 Å². The van der Waals surface area contributed by atoms with E-state index in [0.29, 0.717) is 6.04 Å². The first-order valence-corrected chi connectivity index (χ1v) is 12.8. The van der Waals surface area contributed by atoms with Crippen molar-refractivity contribution < 1.29 is 0 Å². The molecule has 30 heavy (non-hydrogen) atoms. The normalized spacial score (nSPS) is 29.3. The van der Waals surface area contributed by atoms with E-state index >= 15 is 0 Å². The van der Waals surface area contributed by atoms with E-state index in [0.717, 1.165) is 18.2 Å². The highest BCUT2D eigenvalue weighted by molar-refractivity contribution is 7.99. The lowest BCUT2D eigenvalue weighted by Crippen LogP contribution is -2.43. The van der Waals surface area contributed by atoms with Gasteiger partial charge in [-0.25, -0.2) is 4.99 Å². The van der Waals surface area contributed by atoms with E-state index in [1.54, 1.807) is 0 Å². The van der Waals surface area contributed by atoms with Gasteiger partial charge in [-0.15, -0.1) is 0 Å². The number of aliphatic imine (C=N–C) groups is 1. The van der Waals surface area contributed by atoms with Crippen LogP contribution in [0.2, 0.25) is 0 Å². The second kappa shape index (κ2) is 12.4. The lowest BCUT2D eigenvalue weighted by molar-refractivity contribution is 0.142. The van der Waals surface area contributed by atoms with Crippen LogP contribution in [0.4, 0.5) is 0 Å². The lowest BCUT2D eigenvalue weighted by atomic mass is 9.80. The summed E-state index contributed by atoms with van der Waals surface area (Å²) in [6.45, 7) is 4.75. The van der Waals surface area contributed by atoms with Crippen LogP contribution < -0.4 is 0 Å². The lowest BCUT2D eigenvalue weighted by Gasteiger charge is -2.42. The molecule has 0 bridgehead atoms. The summed E-state index contributed by atoms with van der Waals surface area (Å²) in [6, 6.07) is 0.612. The highest BCUT2D eigenvalue weighted by Crippen LogP contribution is 2.37. The number of unbranched alkanes of at least 4 members (excludes halogenated alkanes) is 1. The molecule has 0 aromatic rings. The Bertz CT molecular complexity index is 723. The van der Waals surface area contributed by atoms with Gasteiger partial charge in [-0.1, -0.05) is 49.8 Å². The average molecular weight is 426 g/mol. The molecule has 164 valence electrons. The van der Waals surface area contributed by atoms with E-state index in [4.69, 9.17) is 4.99 Å². The molecule has 0 aromatic carbocycles. The summed E-state index contributed by atoms with van der Waals surface area (Å²) in [5.74, 6) is 4.59. The number of hydrogen-bond acceptors (Lipinski definition) is 4. The monoisotopic (exact) mass is 425 g/mol. The largest absolute Gasteiger partial charge is 0.356 e. The fraction of sp³-hybridized carbons (Fsp3) is 0.577. The van der Waals surface area contributed by atoms with Crippen LogP contribution in [0.3, 0.4) is 0 Å². The predicted octanol–water partition coefficient (Wildman–Crippen LogP) is 5.85. The van der Waals surface area contributed by atoms with Crippen molar-refractivity contribution in [3.8, 4) is 0 Å². The average Bonchev–Trinajstić information content (AvgIpc) is 2.92. The van der Waals surface area contributed by atoms with Gasteiger partial charge in [0.05, 0.1) is 0 Å². The summed E-state index contributed by atoms with van der Waals surface area (Å²) >= 11 is 2.15. The fourth-order valence-corrected chi connectivity index (χ4v) is 5.33.